The Kier molecular flexibility index (Phi) is 5.05. The monoisotopic (exact) mass is 332 g/mol. The highest BCUT2D eigenvalue weighted by Gasteiger charge is 2.42. The average molecular weight is 332 g/mol. The zero-order valence-corrected chi connectivity index (χ0v) is 13.5. The fraction of sp³-hybridized carbons (Fsp3) is 0.500. The molecule has 2 atom stereocenters. The summed E-state index contributed by atoms with van der Waals surface area (Å²) in [4.78, 5) is 35.5. The summed E-state index contributed by atoms with van der Waals surface area (Å²) in [5.74, 6) is -1.52. The van der Waals surface area contributed by atoms with Gasteiger partial charge in [0.15, 0.2) is 5.92 Å². The van der Waals surface area contributed by atoms with Crippen LogP contribution in [0.3, 0.4) is 0 Å². The van der Waals surface area contributed by atoms with Gasteiger partial charge in [0.25, 0.3) is 0 Å². The third kappa shape index (κ3) is 3.38. The number of nitrogens with one attached hydrogen (secondary N) is 1. The van der Waals surface area contributed by atoms with Crippen LogP contribution in [0.4, 0.5) is 0 Å². The number of guanidine groups is 1. The topological polar surface area (TPSA) is 93.1 Å². The van der Waals surface area contributed by atoms with Crippen LogP contribution in [-0.2, 0) is 19.1 Å². The number of hydrogen-bond donors (Lipinski definition) is 1. The standard InChI is InChI=1S/C16H20N4O4/c1-2-24-15(22)12-13(11-4-3-5-17-10-11)18-16(19-14(12)21)20-6-8-23-9-7-20/h3-5,10,12-13H,2,6-9H2,1H3,(H,18,19,21)/t12-,13+/m0/s1. The smallest absolute Gasteiger partial charge is 0.321 e. The Morgan fingerprint density at radius 1 is 1.46 bits per heavy atom. The molecular formula is C16H20N4O4. The molecule has 128 valence electrons. The number of aromatic nitrogens is 1. The summed E-state index contributed by atoms with van der Waals surface area (Å²) < 4.78 is 10.4. The molecule has 0 radical (unpaired) electrons. The van der Waals surface area contributed by atoms with Crippen LogP contribution >= 0.6 is 0 Å². The van der Waals surface area contributed by atoms with Crippen molar-refractivity contribution in [2.24, 2.45) is 10.9 Å². The van der Waals surface area contributed by atoms with Crippen LogP contribution in [-0.4, -0.2) is 60.6 Å². The Bertz CT molecular complexity index is 628. The maximum atomic E-state index is 12.6. The van der Waals surface area contributed by atoms with Crippen LogP contribution in [0.15, 0.2) is 29.5 Å². The van der Waals surface area contributed by atoms with Crippen LogP contribution in [0.25, 0.3) is 0 Å². The molecule has 1 saturated heterocycles. The van der Waals surface area contributed by atoms with E-state index in [-0.39, 0.29) is 6.61 Å². The lowest BCUT2D eigenvalue weighted by atomic mass is 9.92. The predicted molar refractivity (Wildman–Crippen MR) is 85.1 cm³/mol. The summed E-state index contributed by atoms with van der Waals surface area (Å²) in [6.45, 7) is 4.36. The molecule has 0 saturated carbocycles. The van der Waals surface area contributed by atoms with Gasteiger partial charge in [-0.25, -0.2) is 4.99 Å². The lowest BCUT2D eigenvalue weighted by Gasteiger charge is -2.35. The molecule has 1 fully saturated rings. The van der Waals surface area contributed by atoms with Gasteiger partial charge in [0.2, 0.25) is 11.9 Å². The van der Waals surface area contributed by atoms with Gasteiger partial charge in [-0.2, -0.15) is 0 Å². The largest absolute Gasteiger partial charge is 0.465 e. The van der Waals surface area contributed by atoms with Crippen molar-refractivity contribution in [2.45, 2.75) is 13.0 Å². The van der Waals surface area contributed by atoms with Crippen molar-refractivity contribution in [3.05, 3.63) is 30.1 Å². The second kappa shape index (κ2) is 7.39. The van der Waals surface area contributed by atoms with Crippen molar-refractivity contribution in [1.82, 2.24) is 15.2 Å². The van der Waals surface area contributed by atoms with E-state index in [4.69, 9.17) is 9.47 Å². The molecule has 24 heavy (non-hydrogen) atoms. The summed E-state index contributed by atoms with van der Waals surface area (Å²) in [7, 11) is 0. The van der Waals surface area contributed by atoms with Gasteiger partial charge < -0.3 is 14.4 Å². The fourth-order valence-electron chi connectivity index (χ4n) is 2.79. The van der Waals surface area contributed by atoms with E-state index in [0.29, 0.717) is 37.8 Å². The Balaban J connectivity index is 1.94. The Morgan fingerprint density at radius 3 is 2.92 bits per heavy atom. The van der Waals surface area contributed by atoms with Crippen molar-refractivity contribution in [3.8, 4) is 0 Å². The van der Waals surface area contributed by atoms with Crippen molar-refractivity contribution < 1.29 is 19.1 Å². The molecule has 3 rings (SSSR count). The summed E-state index contributed by atoms with van der Waals surface area (Å²) in [6.07, 6.45) is 3.26. The van der Waals surface area contributed by atoms with E-state index in [2.05, 4.69) is 15.3 Å². The van der Waals surface area contributed by atoms with Crippen LogP contribution in [0.1, 0.15) is 18.5 Å². The average Bonchev–Trinajstić information content (AvgIpc) is 2.62. The number of morpholine rings is 1. The first-order valence-electron chi connectivity index (χ1n) is 7.98. The maximum absolute atomic E-state index is 12.6. The van der Waals surface area contributed by atoms with Crippen LogP contribution in [0.2, 0.25) is 0 Å². The van der Waals surface area contributed by atoms with Crippen LogP contribution in [0.5, 0.6) is 0 Å². The molecule has 1 N–H and O–H groups in total. The van der Waals surface area contributed by atoms with E-state index in [9.17, 15) is 9.59 Å². The van der Waals surface area contributed by atoms with Gasteiger partial charge in [-0.05, 0) is 18.6 Å². The molecule has 2 aliphatic rings. The van der Waals surface area contributed by atoms with Crippen molar-refractivity contribution in [2.75, 3.05) is 32.9 Å². The number of hydrogen-bond acceptors (Lipinski definition) is 7. The van der Waals surface area contributed by atoms with E-state index in [0.717, 1.165) is 0 Å². The first kappa shape index (κ1) is 16.4. The first-order valence-corrected chi connectivity index (χ1v) is 7.98. The lowest BCUT2D eigenvalue weighted by molar-refractivity contribution is -0.153. The summed E-state index contributed by atoms with van der Waals surface area (Å²) in [5, 5.41) is 2.74. The van der Waals surface area contributed by atoms with E-state index in [1.165, 1.54) is 0 Å². The third-order valence-electron chi connectivity index (χ3n) is 3.97. The van der Waals surface area contributed by atoms with E-state index in [1.807, 2.05) is 11.0 Å². The fourth-order valence-corrected chi connectivity index (χ4v) is 2.79. The maximum Gasteiger partial charge on any atom is 0.321 e. The van der Waals surface area contributed by atoms with Crippen LogP contribution < -0.4 is 5.32 Å². The normalized spacial score (nSPS) is 24.1. The highest BCUT2D eigenvalue weighted by molar-refractivity contribution is 6.08. The molecule has 8 nitrogen and oxygen atoms in total. The van der Waals surface area contributed by atoms with Gasteiger partial charge in [-0.15, -0.1) is 0 Å². The van der Waals surface area contributed by atoms with Crippen molar-refractivity contribution in [1.29, 1.82) is 0 Å². The van der Waals surface area contributed by atoms with Crippen molar-refractivity contribution in [3.63, 3.8) is 0 Å². The van der Waals surface area contributed by atoms with E-state index >= 15 is 0 Å². The molecule has 2 aliphatic heterocycles. The number of aliphatic imine (C=N–C) groups is 1. The van der Waals surface area contributed by atoms with Gasteiger partial charge in [-0.1, -0.05) is 6.07 Å². The summed E-state index contributed by atoms with van der Waals surface area (Å²) >= 11 is 0. The molecule has 0 bridgehead atoms. The molecule has 1 amide bonds. The molecule has 0 spiro atoms. The number of carbonyl (C=O) groups excluding carboxylic acids is 2. The molecule has 0 aromatic carbocycles. The van der Waals surface area contributed by atoms with E-state index < -0.39 is 23.8 Å². The van der Waals surface area contributed by atoms with Gasteiger partial charge in [-0.3, -0.25) is 19.9 Å². The zero-order valence-electron chi connectivity index (χ0n) is 13.5. The summed E-state index contributed by atoms with van der Waals surface area (Å²) in [6, 6.07) is 2.92. The second-order valence-electron chi connectivity index (χ2n) is 5.50. The first-order chi connectivity index (χ1) is 11.7. The zero-order chi connectivity index (χ0) is 16.9. The molecule has 1 aromatic heterocycles. The number of rotatable bonds is 3. The highest BCUT2D eigenvalue weighted by atomic mass is 16.5. The highest BCUT2D eigenvalue weighted by Crippen LogP contribution is 2.30. The van der Waals surface area contributed by atoms with Crippen molar-refractivity contribution >= 4 is 17.8 Å². The second-order valence-corrected chi connectivity index (χ2v) is 5.50. The number of pyridine rings is 1. The molecule has 1 aromatic rings. The number of carbonyl (C=O) groups is 2. The summed E-state index contributed by atoms with van der Waals surface area (Å²) in [5.41, 5.74) is 0.705. The predicted octanol–water partition coefficient (Wildman–Crippen LogP) is 0.120. The Hall–Kier alpha value is -2.48. The Morgan fingerprint density at radius 2 is 2.25 bits per heavy atom. The minimum Gasteiger partial charge on any atom is -0.465 e. The Labute approximate surface area is 139 Å². The van der Waals surface area contributed by atoms with E-state index in [1.54, 1.807) is 25.4 Å². The molecule has 0 unspecified atom stereocenters. The van der Waals surface area contributed by atoms with Crippen LogP contribution in [0, 0.1) is 5.92 Å². The minimum atomic E-state index is -1.01. The number of amides is 1. The number of ether oxygens (including phenoxy) is 2. The molecule has 3 heterocycles. The number of nitrogens with zero attached hydrogens (tertiary/aromatic N) is 3. The number of esters is 1. The quantitative estimate of drug-likeness (QED) is 0.624. The SMILES string of the molecule is CCOC(=O)[C@@H]1C(=O)NC(N2CCOCC2)=N[C@@H]1c1cccnc1. The lowest BCUT2D eigenvalue weighted by Crippen LogP contribution is -2.55. The van der Waals surface area contributed by atoms with Gasteiger partial charge in [0, 0.05) is 25.5 Å². The third-order valence-corrected chi connectivity index (χ3v) is 3.97. The molecule has 8 heteroatoms. The molecule has 0 aliphatic carbocycles. The van der Waals surface area contributed by atoms with Gasteiger partial charge >= 0.3 is 5.97 Å². The molecular weight excluding hydrogens is 312 g/mol. The minimum absolute atomic E-state index is 0.211. The van der Waals surface area contributed by atoms with Gasteiger partial charge in [0.05, 0.1) is 19.8 Å². The van der Waals surface area contributed by atoms with Gasteiger partial charge in [0.1, 0.15) is 6.04 Å².